The zero-order valence-corrected chi connectivity index (χ0v) is 22.7. The van der Waals surface area contributed by atoms with Crippen molar-refractivity contribution in [2.24, 2.45) is 0 Å². The van der Waals surface area contributed by atoms with E-state index in [1.54, 1.807) is 22.3 Å². The maximum atomic E-state index is 4.93. The second-order valence-corrected chi connectivity index (χ2v) is 14.6. The van der Waals surface area contributed by atoms with Gasteiger partial charge in [0.1, 0.15) is 0 Å². The molecule has 0 fully saturated rings. The second-order valence-electron chi connectivity index (χ2n) is 8.21. The van der Waals surface area contributed by atoms with E-state index in [0.29, 0.717) is 11.1 Å². The average Bonchev–Trinajstić information content (AvgIpc) is 3.29. The fourth-order valence-electron chi connectivity index (χ4n) is 5.14. The molecule has 0 nitrogen and oxygen atoms in total. The van der Waals surface area contributed by atoms with E-state index < -0.39 is 29.6 Å². The topological polar surface area (TPSA) is 0 Å². The number of rotatable bonds is 4. The first-order valence-electron chi connectivity index (χ1n) is 10.5. The maximum absolute atomic E-state index is 4.93. The van der Waals surface area contributed by atoms with E-state index in [1.165, 1.54) is 22.7 Å². The fraction of sp³-hybridized carbons (Fsp3) is 0.185. The molecule has 3 aromatic rings. The van der Waals surface area contributed by atoms with Crippen LogP contribution in [-0.4, -0.2) is 8.80 Å². The van der Waals surface area contributed by atoms with Crippen LogP contribution in [0.25, 0.3) is 12.2 Å². The van der Waals surface area contributed by atoms with Crippen molar-refractivity contribution < 1.29 is 20.8 Å². The van der Waals surface area contributed by atoms with Gasteiger partial charge in [-0.15, -0.1) is 0 Å². The molecule has 4 heteroatoms. The van der Waals surface area contributed by atoms with E-state index >= 15 is 0 Å². The molecule has 0 N–H and O–H groups in total. The summed E-state index contributed by atoms with van der Waals surface area (Å²) in [6, 6.07) is 30.4. The van der Waals surface area contributed by atoms with Gasteiger partial charge in [0.2, 0.25) is 0 Å². The van der Waals surface area contributed by atoms with Gasteiger partial charge in [0, 0.05) is 0 Å². The van der Waals surface area contributed by atoms with Gasteiger partial charge in [0.05, 0.1) is 8.80 Å². The SMILES string of the molecule is CC1=Cc2ccccc2C1[Si](Cc1ccccc1)C1C(C)=Cc2ccccc21.[Cl][Zr][Cl]. The predicted molar refractivity (Wildman–Crippen MR) is 133 cm³/mol. The summed E-state index contributed by atoms with van der Waals surface area (Å²) < 4.78 is 0. The van der Waals surface area contributed by atoms with Crippen molar-refractivity contribution in [3.05, 3.63) is 118 Å². The third-order valence-corrected chi connectivity index (χ3v) is 10.1. The van der Waals surface area contributed by atoms with Crippen LogP contribution >= 0.6 is 17.0 Å². The Hall–Kier alpha value is -1.18. The molecule has 31 heavy (non-hydrogen) atoms. The van der Waals surface area contributed by atoms with Crippen molar-refractivity contribution in [3.8, 4) is 0 Å². The fourth-order valence-corrected chi connectivity index (χ4v) is 9.25. The summed E-state index contributed by atoms with van der Waals surface area (Å²) >= 11 is -0.826. The van der Waals surface area contributed by atoms with E-state index in [1.807, 2.05) is 0 Å². The minimum atomic E-state index is -0.826. The molecule has 3 aromatic carbocycles. The monoisotopic (exact) mass is 537 g/mol. The van der Waals surface area contributed by atoms with Gasteiger partial charge in [-0.05, 0) is 53.2 Å². The van der Waals surface area contributed by atoms with Gasteiger partial charge in [0.25, 0.3) is 0 Å². The molecule has 0 amide bonds. The third kappa shape index (κ3) is 4.93. The van der Waals surface area contributed by atoms with Crippen LogP contribution in [0, 0.1) is 0 Å². The zero-order chi connectivity index (χ0) is 21.8. The van der Waals surface area contributed by atoms with Crippen LogP contribution in [0.1, 0.15) is 52.7 Å². The molecule has 2 aliphatic carbocycles. The van der Waals surface area contributed by atoms with Crippen molar-refractivity contribution in [3.63, 3.8) is 0 Å². The molecule has 0 aromatic heterocycles. The van der Waals surface area contributed by atoms with E-state index in [0.717, 1.165) is 0 Å². The molecule has 5 rings (SSSR count). The molecule has 2 aliphatic rings. The summed E-state index contributed by atoms with van der Waals surface area (Å²) in [7, 11) is 9.06. The first kappa shape index (κ1) is 23.0. The van der Waals surface area contributed by atoms with Gasteiger partial charge in [-0.25, -0.2) is 0 Å². The molecule has 155 valence electrons. The molecule has 0 bridgehead atoms. The summed E-state index contributed by atoms with van der Waals surface area (Å²) in [5.74, 6) is 0. The van der Waals surface area contributed by atoms with E-state index in [2.05, 4.69) is 105 Å². The number of halogens is 2. The zero-order valence-electron chi connectivity index (χ0n) is 17.8. The molecule has 0 spiro atoms. The number of hydrogen-bond donors (Lipinski definition) is 0. The van der Waals surface area contributed by atoms with Crippen molar-refractivity contribution >= 4 is 38.0 Å². The van der Waals surface area contributed by atoms with E-state index in [-0.39, 0.29) is 0 Å². The number of fused-ring (bicyclic) bond motifs is 2. The molecule has 2 unspecified atom stereocenters. The Morgan fingerprint density at radius 1 is 0.677 bits per heavy atom. The van der Waals surface area contributed by atoms with E-state index in [9.17, 15) is 0 Å². The molecular weight excluding hydrogens is 515 g/mol. The summed E-state index contributed by atoms with van der Waals surface area (Å²) in [6.07, 6.45) is 4.85. The van der Waals surface area contributed by atoms with Crippen LogP contribution in [-0.2, 0) is 26.9 Å². The van der Waals surface area contributed by atoms with Crippen molar-refractivity contribution in [1.82, 2.24) is 0 Å². The molecule has 2 atom stereocenters. The van der Waals surface area contributed by atoms with Gasteiger partial charge in [0.15, 0.2) is 0 Å². The van der Waals surface area contributed by atoms with Crippen LogP contribution < -0.4 is 0 Å². The first-order valence-corrected chi connectivity index (χ1v) is 18.7. The van der Waals surface area contributed by atoms with Crippen molar-refractivity contribution in [1.29, 1.82) is 0 Å². The molecule has 0 aliphatic heterocycles. The number of hydrogen-bond acceptors (Lipinski definition) is 0. The van der Waals surface area contributed by atoms with Crippen molar-refractivity contribution in [2.75, 3.05) is 0 Å². The summed E-state index contributed by atoms with van der Waals surface area (Å²) in [4.78, 5) is 0. The van der Waals surface area contributed by atoms with Gasteiger partial charge >= 0.3 is 37.9 Å². The van der Waals surface area contributed by atoms with Crippen LogP contribution in [0.4, 0.5) is 0 Å². The number of benzene rings is 3. The van der Waals surface area contributed by atoms with Gasteiger partial charge < -0.3 is 0 Å². The Bertz CT molecular complexity index is 1040. The molecule has 0 heterocycles. The second kappa shape index (κ2) is 10.6. The van der Waals surface area contributed by atoms with E-state index in [4.69, 9.17) is 17.0 Å². The summed E-state index contributed by atoms with van der Waals surface area (Å²) in [6.45, 7) is 4.69. The Balaban J connectivity index is 0.000000730. The van der Waals surface area contributed by atoms with Crippen LogP contribution in [0.5, 0.6) is 0 Å². The van der Waals surface area contributed by atoms with Crippen LogP contribution in [0.3, 0.4) is 0 Å². The Kier molecular flexibility index (Phi) is 7.88. The van der Waals surface area contributed by atoms with Crippen molar-refractivity contribution in [2.45, 2.75) is 31.0 Å². The molecular formula is C27H25Cl2SiZr. The average molecular weight is 540 g/mol. The Morgan fingerprint density at radius 3 is 1.58 bits per heavy atom. The minimum absolute atomic E-state index is 0.570. The Labute approximate surface area is 206 Å². The Morgan fingerprint density at radius 2 is 1.10 bits per heavy atom. The molecule has 0 saturated heterocycles. The normalized spacial score (nSPS) is 18.5. The standard InChI is InChI=1S/C27H25Si.2ClH.Zr/c1-19-16-22-12-6-8-14-24(22)26(19)28(18-21-10-4-3-5-11-21)27-20(2)17-23-13-7-9-15-25(23)27;;;/h3-17,26-27H,18H2,1-2H3;2*1H;/q;;;+2/p-2. The molecule has 1 radical (unpaired) electrons. The summed E-state index contributed by atoms with van der Waals surface area (Å²) in [5.41, 5.74) is 11.6. The van der Waals surface area contributed by atoms with Gasteiger partial charge in [-0.3, -0.25) is 0 Å². The summed E-state index contributed by atoms with van der Waals surface area (Å²) in [5, 5.41) is 0. The van der Waals surface area contributed by atoms with Crippen LogP contribution in [0.15, 0.2) is 90.0 Å². The predicted octanol–water partition coefficient (Wildman–Crippen LogP) is 8.12. The molecule has 0 saturated carbocycles. The van der Waals surface area contributed by atoms with Gasteiger partial charge in [-0.2, -0.15) is 0 Å². The quantitative estimate of drug-likeness (QED) is 0.294. The third-order valence-electron chi connectivity index (χ3n) is 6.28. The first-order chi connectivity index (χ1) is 15.1. The van der Waals surface area contributed by atoms with Crippen LogP contribution in [0.2, 0.25) is 0 Å². The van der Waals surface area contributed by atoms with Gasteiger partial charge in [-0.1, -0.05) is 108 Å². The number of allylic oxidation sites excluding steroid dienone is 2.